The molecule has 24 heavy (non-hydrogen) atoms. The Morgan fingerprint density at radius 2 is 1.67 bits per heavy atom. The van der Waals surface area contributed by atoms with Gasteiger partial charge in [-0.1, -0.05) is 0 Å². The number of ether oxygens (including phenoxy) is 1. The average molecular weight is 357 g/mol. The van der Waals surface area contributed by atoms with E-state index in [-0.39, 0.29) is 22.9 Å². The van der Waals surface area contributed by atoms with Gasteiger partial charge in [-0.15, -0.1) is 0 Å². The number of carbonyl (C=O) groups is 3. The maximum absolute atomic E-state index is 11.9. The molecule has 1 rings (SSSR count). The first-order valence-corrected chi connectivity index (χ1v) is 8.29. The van der Waals surface area contributed by atoms with Gasteiger partial charge in [0.1, 0.15) is 0 Å². The number of hydrogen-bond donors (Lipinski definition) is 2. The molecule has 10 heteroatoms. The number of nitrogens with zero attached hydrogens (tertiary/aromatic N) is 1. The number of benzene rings is 1. The van der Waals surface area contributed by atoms with Gasteiger partial charge in [0.05, 0.1) is 17.0 Å². The molecule has 2 amide bonds. The van der Waals surface area contributed by atoms with Gasteiger partial charge >= 0.3 is 5.97 Å². The predicted octanol–water partition coefficient (Wildman–Crippen LogP) is -1.04. The molecule has 0 atom stereocenters. The van der Waals surface area contributed by atoms with Crippen LogP contribution in [0, 0.1) is 0 Å². The zero-order chi connectivity index (χ0) is 18.3. The van der Waals surface area contributed by atoms with Crippen LogP contribution in [0.25, 0.3) is 0 Å². The molecule has 0 saturated carbocycles. The van der Waals surface area contributed by atoms with Crippen LogP contribution in [-0.4, -0.2) is 64.8 Å². The normalized spacial score (nSPS) is 11.0. The minimum atomic E-state index is -3.58. The highest BCUT2D eigenvalue weighted by atomic mass is 32.2. The third kappa shape index (κ3) is 5.32. The van der Waals surface area contributed by atoms with Crippen LogP contribution in [0.2, 0.25) is 0 Å². The SMILES string of the molecule is CNC(=O)CNC(=O)COC(=O)c1ccc(S(=O)(=O)N(C)C)cc1. The molecule has 0 aliphatic heterocycles. The highest BCUT2D eigenvalue weighted by Crippen LogP contribution is 2.14. The summed E-state index contributed by atoms with van der Waals surface area (Å²) in [5, 5.41) is 4.59. The van der Waals surface area contributed by atoms with Crippen LogP contribution < -0.4 is 10.6 Å². The molecule has 0 saturated heterocycles. The Morgan fingerprint density at radius 1 is 1.08 bits per heavy atom. The van der Waals surface area contributed by atoms with E-state index < -0.39 is 28.5 Å². The number of likely N-dealkylation sites (N-methyl/N-ethyl adjacent to an activating group) is 1. The summed E-state index contributed by atoms with van der Waals surface area (Å²) >= 11 is 0. The Balaban J connectivity index is 2.60. The highest BCUT2D eigenvalue weighted by molar-refractivity contribution is 7.89. The minimum absolute atomic E-state index is 0.0346. The second-order valence-electron chi connectivity index (χ2n) is 4.84. The molecule has 9 nitrogen and oxygen atoms in total. The average Bonchev–Trinajstić information content (AvgIpc) is 2.57. The van der Waals surface area contributed by atoms with Crippen LogP contribution >= 0.6 is 0 Å². The Morgan fingerprint density at radius 3 is 2.17 bits per heavy atom. The van der Waals surface area contributed by atoms with E-state index in [2.05, 4.69) is 10.6 Å². The topological polar surface area (TPSA) is 122 Å². The number of rotatable bonds is 7. The number of sulfonamides is 1. The fourth-order valence-electron chi connectivity index (χ4n) is 1.51. The maximum Gasteiger partial charge on any atom is 0.338 e. The molecule has 0 bridgehead atoms. The summed E-state index contributed by atoms with van der Waals surface area (Å²) in [5.41, 5.74) is 0.104. The van der Waals surface area contributed by atoms with Crippen molar-refractivity contribution in [1.82, 2.24) is 14.9 Å². The first kappa shape index (κ1) is 19.6. The van der Waals surface area contributed by atoms with Crippen molar-refractivity contribution in [2.75, 3.05) is 34.3 Å². The van der Waals surface area contributed by atoms with Gasteiger partial charge in [-0.05, 0) is 24.3 Å². The van der Waals surface area contributed by atoms with Gasteiger partial charge in [0.2, 0.25) is 15.9 Å². The van der Waals surface area contributed by atoms with Crippen molar-refractivity contribution in [2.24, 2.45) is 0 Å². The molecule has 0 spiro atoms. The number of hydrogen-bond acceptors (Lipinski definition) is 6. The summed E-state index contributed by atoms with van der Waals surface area (Å²) in [6, 6.07) is 5.14. The molecule has 0 unspecified atom stereocenters. The van der Waals surface area contributed by atoms with Gasteiger partial charge in [-0.3, -0.25) is 9.59 Å². The number of amides is 2. The zero-order valence-electron chi connectivity index (χ0n) is 13.5. The van der Waals surface area contributed by atoms with Gasteiger partial charge in [-0.25, -0.2) is 17.5 Å². The first-order valence-electron chi connectivity index (χ1n) is 6.85. The van der Waals surface area contributed by atoms with Gasteiger partial charge in [0.25, 0.3) is 5.91 Å². The van der Waals surface area contributed by atoms with E-state index in [0.717, 1.165) is 4.31 Å². The molecular formula is C14H19N3O6S. The summed E-state index contributed by atoms with van der Waals surface area (Å²) < 4.78 is 29.6. The van der Waals surface area contributed by atoms with Crippen LogP contribution in [0.5, 0.6) is 0 Å². The van der Waals surface area contributed by atoms with E-state index in [1.165, 1.54) is 45.4 Å². The standard InChI is InChI=1S/C14H19N3O6S/c1-15-12(18)8-16-13(19)9-23-14(20)10-4-6-11(7-5-10)24(21,22)17(2)3/h4-7H,8-9H2,1-3H3,(H,15,18)(H,16,19). The van der Waals surface area contributed by atoms with Crippen molar-refractivity contribution >= 4 is 27.8 Å². The third-order valence-electron chi connectivity index (χ3n) is 2.93. The highest BCUT2D eigenvalue weighted by Gasteiger charge is 2.18. The predicted molar refractivity (Wildman–Crippen MR) is 84.7 cm³/mol. The molecule has 0 heterocycles. The van der Waals surface area contributed by atoms with Crippen LogP contribution in [0.15, 0.2) is 29.2 Å². The maximum atomic E-state index is 11.9. The molecule has 0 aliphatic carbocycles. The fraction of sp³-hybridized carbons (Fsp3) is 0.357. The molecule has 2 N–H and O–H groups in total. The molecule has 1 aromatic carbocycles. The van der Waals surface area contributed by atoms with Crippen molar-refractivity contribution < 1.29 is 27.5 Å². The number of esters is 1. The summed E-state index contributed by atoms with van der Waals surface area (Å²) in [6.07, 6.45) is 0. The Bertz CT molecular complexity index is 713. The molecular weight excluding hydrogens is 338 g/mol. The van der Waals surface area contributed by atoms with Gasteiger partial charge in [0, 0.05) is 21.1 Å². The van der Waals surface area contributed by atoms with Crippen molar-refractivity contribution in [3.8, 4) is 0 Å². The minimum Gasteiger partial charge on any atom is -0.452 e. The molecule has 132 valence electrons. The van der Waals surface area contributed by atoms with Crippen LogP contribution in [0.4, 0.5) is 0 Å². The smallest absolute Gasteiger partial charge is 0.338 e. The van der Waals surface area contributed by atoms with Crippen LogP contribution in [0.1, 0.15) is 10.4 Å². The third-order valence-corrected chi connectivity index (χ3v) is 4.76. The Hall–Kier alpha value is -2.46. The Kier molecular flexibility index (Phi) is 6.86. The van der Waals surface area contributed by atoms with Crippen molar-refractivity contribution in [3.05, 3.63) is 29.8 Å². The summed E-state index contributed by atoms with van der Waals surface area (Å²) in [7, 11) is 0.637. The van der Waals surface area contributed by atoms with E-state index in [1.54, 1.807) is 0 Å². The monoisotopic (exact) mass is 357 g/mol. The molecule has 0 aromatic heterocycles. The lowest BCUT2D eigenvalue weighted by Crippen LogP contribution is -2.37. The van der Waals surface area contributed by atoms with E-state index in [0.29, 0.717) is 0 Å². The second-order valence-corrected chi connectivity index (χ2v) is 6.99. The zero-order valence-corrected chi connectivity index (χ0v) is 14.3. The fourth-order valence-corrected chi connectivity index (χ4v) is 2.41. The number of nitrogens with one attached hydrogen (secondary N) is 2. The van der Waals surface area contributed by atoms with Gasteiger partial charge in [-0.2, -0.15) is 0 Å². The Labute approximate surface area is 140 Å². The lowest BCUT2D eigenvalue weighted by molar-refractivity contribution is -0.127. The van der Waals surface area contributed by atoms with Crippen LogP contribution in [0.3, 0.4) is 0 Å². The lowest BCUT2D eigenvalue weighted by Gasteiger charge is -2.11. The van der Waals surface area contributed by atoms with E-state index in [9.17, 15) is 22.8 Å². The summed E-state index contributed by atoms with van der Waals surface area (Å²) in [6.45, 7) is -0.766. The quantitative estimate of drug-likeness (QED) is 0.601. The molecule has 0 aliphatic rings. The van der Waals surface area contributed by atoms with E-state index >= 15 is 0 Å². The van der Waals surface area contributed by atoms with Crippen molar-refractivity contribution in [2.45, 2.75) is 4.90 Å². The van der Waals surface area contributed by atoms with Crippen LogP contribution in [-0.2, 0) is 24.3 Å². The lowest BCUT2D eigenvalue weighted by atomic mass is 10.2. The van der Waals surface area contributed by atoms with Crippen molar-refractivity contribution in [1.29, 1.82) is 0 Å². The summed E-state index contributed by atoms with van der Waals surface area (Å²) in [5.74, 6) is -1.79. The number of carbonyl (C=O) groups excluding carboxylic acids is 3. The van der Waals surface area contributed by atoms with Gasteiger partial charge < -0.3 is 15.4 Å². The van der Waals surface area contributed by atoms with Crippen molar-refractivity contribution in [3.63, 3.8) is 0 Å². The molecule has 1 aromatic rings. The van der Waals surface area contributed by atoms with E-state index in [1.807, 2.05) is 0 Å². The van der Waals surface area contributed by atoms with Gasteiger partial charge in [0.15, 0.2) is 6.61 Å². The second kappa shape index (κ2) is 8.41. The molecule has 0 fully saturated rings. The van der Waals surface area contributed by atoms with E-state index in [4.69, 9.17) is 4.74 Å². The molecule has 0 radical (unpaired) electrons. The first-order chi connectivity index (χ1) is 11.2. The largest absolute Gasteiger partial charge is 0.452 e. The summed E-state index contributed by atoms with van der Waals surface area (Å²) in [4.78, 5) is 34.2.